The van der Waals surface area contributed by atoms with Crippen LogP contribution in [0.5, 0.6) is 0 Å². The van der Waals surface area contributed by atoms with E-state index in [-0.39, 0.29) is 5.82 Å². The highest BCUT2D eigenvalue weighted by Gasteiger charge is 2.21. The van der Waals surface area contributed by atoms with Crippen LogP contribution in [0.2, 0.25) is 5.02 Å². The van der Waals surface area contributed by atoms with Crippen LogP contribution in [0, 0.1) is 6.92 Å². The lowest BCUT2D eigenvalue weighted by Crippen LogP contribution is -2.37. The van der Waals surface area contributed by atoms with E-state index in [1.165, 1.54) is 4.52 Å². The SMILES string of the molecule is Cc1ccnc2nc(C(=O)Nc3cccc(Cl)c3N3CCOCC3)nn12. The molecule has 9 heteroatoms. The van der Waals surface area contributed by atoms with Gasteiger partial charge in [-0.25, -0.2) is 9.50 Å². The van der Waals surface area contributed by atoms with Crippen molar-refractivity contribution < 1.29 is 9.53 Å². The van der Waals surface area contributed by atoms with Gasteiger partial charge in [-0.3, -0.25) is 4.79 Å². The molecule has 4 rings (SSSR count). The number of hydrogen-bond acceptors (Lipinski definition) is 6. The van der Waals surface area contributed by atoms with Gasteiger partial charge in [0.25, 0.3) is 11.7 Å². The number of rotatable bonds is 3. The zero-order valence-electron chi connectivity index (χ0n) is 14.1. The predicted molar refractivity (Wildman–Crippen MR) is 98.0 cm³/mol. The molecule has 1 saturated heterocycles. The number of carbonyl (C=O) groups is 1. The van der Waals surface area contributed by atoms with Gasteiger partial charge >= 0.3 is 0 Å². The Morgan fingerprint density at radius 2 is 2.08 bits per heavy atom. The third-order valence-corrected chi connectivity index (χ3v) is 4.50. The van der Waals surface area contributed by atoms with Gasteiger partial charge in [-0.1, -0.05) is 17.7 Å². The van der Waals surface area contributed by atoms with Crippen LogP contribution in [0.1, 0.15) is 16.3 Å². The van der Waals surface area contributed by atoms with E-state index in [9.17, 15) is 4.79 Å². The maximum Gasteiger partial charge on any atom is 0.295 e. The van der Waals surface area contributed by atoms with Crippen molar-refractivity contribution in [3.8, 4) is 0 Å². The Labute approximate surface area is 154 Å². The first kappa shape index (κ1) is 16.7. The van der Waals surface area contributed by atoms with E-state index in [1.807, 2.05) is 13.0 Å². The molecule has 1 aromatic carbocycles. The number of nitrogens with zero attached hydrogens (tertiary/aromatic N) is 5. The van der Waals surface area contributed by atoms with Crippen LogP contribution >= 0.6 is 11.6 Å². The molecule has 1 aliphatic heterocycles. The quantitative estimate of drug-likeness (QED) is 0.758. The summed E-state index contributed by atoms with van der Waals surface area (Å²) < 4.78 is 6.93. The molecule has 1 fully saturated rings. The number of nitrogens with one attached hydrogen (secondary N) is 1. The van der Waals surface area contributed by atoms with E-state index in [4.69, 9.17) is 16.3 Å². The lowest BCUT2D eigenvalue weighted by Gasteiger charge is -2.31. The normalized spacial score (nSPS) is 14.6. The summed E-state index contributed by atoms with van der Waals surface area (Å²) in [5.41, 5.74) is 2.25. The molecule has 1 aliphatic rings. The highest BCUT2D eigenvalue weighted by Crippen LogP contribution is 2.34. The third kappa shape index (κ3) is 3.09. The van der Waals surface area contributed by atoms with E-state index in [0.717, 1.165) is 11.4 Å². The topological polar surface area (TPSA) is 84.7 Å². The monoisotopic (exact) mass is 372 g/mol. The number of aryl methyl sites for hydroxylation is 1. The molecule has 1 N–H and O–H groups in total. The maximum absolute atomic E-state index is 12.7. The number of aromatic nitrogens is 4. The number of anilines is 2. The molecular formula is C17H17ClN6O2. The Morgan fingerprint density at radius 1 is 1.27 bits per heavy atom. The predicted octanol–water partition coefficient (Wildman–Crippen LogP) is 2.18. The third-order valence-electron chi connectivity index (χ3n) is 4.20. The van der Waals surface area contributed by atoms with Crippen LogP contribution in [0.3, 0.4) is 0 Å². The largest absolute Gasteiger partial charge is 0.378 e. The molecule has 3 heterocycles. The molecule has 0 aliphatic carbocycles. The van der Waals surface area contributed by atoms with Crippen LogP contribution in [0.25, 0.3) is 5.78 Å². The number of halogens is 1. The van der Waals surface area contributed by atoms with Crippen molar-refractivity contribution >= 4 is 34.7 Å². The zero-order valence-corrected chi connectivity index (χ0v) is 14.9. The van der Waals surface area contributed by atoms with Crippen molar-refractivity contribution in [2.45, 2.75) is 6.92 Å². The molecular weight excluding hydrogens is 356 g/mol. The van der Waals surface area contributed by atoms with Crippen LogP contribution in [-0.2, 0) is 4.74 Å². The van der Waals surface area contributed by atoms with E-state index >= 15 is 0 Å². The summed E-state index contributed by atoms with van der Waals surface area (Å²) in [5.74, 6) is 0.0287. The average Bonchev–Trinajstić information content (AvgIpc) is 3.08. The Kier molecular flexibility index (Phi) is 4.44. The summed E-state index contributed by atoms with van der Waals surface area (Å²) in [6.07, 6.45) is 1.63. The van der Waals surface area contributed by atoms with Crippen molar-refractivity contribution in [1.82, 2.24) is 19.6 Å². The molecule has 2 aromatic heterocycles. The first-order chi connectivity index (χ1) is 12.6. The van der Waals surface area contributed by atoms with Crippen LogP contribution < -0.4 is 10.2 Å². The fourth-order valence-corrected chi connectivity index (χ4v) is 3.20. The summed E-state index contributed by atoms with van der Waals surface area (Å²) in [7, 11) is 0. The van der Waals surface area contributed by atoms with Gasteiger partial charge in [0, 0.05) is 25.0 Å². The molecule has 134 valence electrons. The maximum atomic E-state index is 12.7. The van der Waals surface area contributed by atoms with Gasteiger partial charge < -0.3 is 15.0 Å². The van der Waals surface area contributed by atoms with Crippen LogP contribution in [0.4, 0.5) is 11.4 Å². The van der Waals surface area contributed by atoms with E-state index in [0.29, 0.717) is 42.8 Å². The lowest BCUT2D eigenvalue weighted by molar-refractivity contribution is 0.101. The standard InChI is InChI=1S/C17H17ClN6O2/c1-11-5-6-19-17-21-15(22-24(11)17)16(25)20-13-4-2-3-12(18)14(13)23-7-9-26-10-8-23/h2-6H,7-10H2,1H3,(H,20,25). The number of hydrogen-bond donors (Lipinski definition) is 1. The highest BCUT2D eigenvalue weighted by atomic mass is 35.5. The van der Waals surface area contributed by atoms with Crippen molar-refractivity contribution in [2.75, 3.05) is 36.5 Å². The van der Waals surface area contributed by atoms with Gasteiger partial charge in [0.1, 0.15) is 0 Å². The van der Waals surface area contributed by atoms with Gasteiger partial charge in [-0.15, -0.1) is 5.10 Å². The van der Waals surface area contributed by atoms with Crippen LogP contribution in [0.15, 0.2) is 30.5 Å². The van der Waals surface area contributed by atoms with Crippen LogP contribution in [-0.4, -0.2) is 51.8 Å². The molecule has 26 heavy (non-hydrogen) atoms. The summed E-state index contributed by atoms with van der Waals surface area (Å²) in [4.78, 5) is 23.1. The number of carbonyl (C=O) groups excluding carboxylic acids is 1. The Bertz CT molecular complexity index is 967. The van der Waals surface area contributed by atoms with Gasteiger partial charge in [0.05, 0.1) is 29.6 Å². The average molecular weight is 373 g/mol. The molecule has 0 unspecified atom stereocenters. The summed E-state index contributed by atoms with van der Waals surface area (Å²) in [6, 6.07) is 7.22. The van der Waals surface area contributed by atoms with Gasteiger partial charge in [-0.05, 0) is 25.1 Å². The van der Waals surface area contributed by atoms with Crippen molar-refractivity contribution in [2.24, 2.45) is 0 Å². The number of ether oxygens (including phenoxy) is 1. The number of benzene rings is 1. The summed E-state index contributed by atoms with van der Waals surface area (Å²) in [5, 5.41) is 7.69. The highest BCUT2D eigenvalue weighted by molar-refractivity contribution is 6.34. The van der Waals surface area contributed by atoms with Crippen molar-refractivity contribution in [1.29, 1.82) is 0 Å². The summed E-state index contributed by atoms with van der Waals surface area (Å²) >= 11 is 6.40. The minimum absolute atomic E-state index is 0.0553. The minimum Gasteiger partial charge on any atom is -0.378 e. The Morgan fingerprint density at radius 3 is 2.85 bits per heavy atom. The second-order valence-corrected chi connectivity index (χ2v) is 6.33. The summed E-state index contributed by atoms with van der Waals surface area (Å²) in [6.45, 7) is 4.54. The molecule has 3 aromatic rings. The fourth-order valence-electron chi connectivity index (χ4n) is 2.91. The smallest absolute Gasteiger partial charge is 0.295 e. The molecule has 0 atom stereocenters. The van der Waals surface area contributed by atoms with Gasteiger partial charge in [0.15, 0.2) is 0 Å². The van der Waals surface area contributed by atoms with Crippen molar-refractivity contribution in [3.05, 3.63) is 47.0 Å². The van der Waals surface area contributed by atoms with Gasteiger partial charge in [-0.2, -0.15) is 4.98 Å². The van der Waals surface area contributed by atoms with Crippen molar-refractivity contribution in [3.63, 3.8) is 0 Å². The number of morpholine rings is 1. The van der Waals surface area contributed by atoms with Gasteiger partial charge in [0.2, 0.25) is 5.82 Å². The number of fused-ring (bicyclic) bond motifs is 1. The Hall–Kier alpha value is -2.71. The number of amides is 1. The zero-order chi connectivity index (χ0) is 18.1. The molecule has 0 spiro atoms. The molecule has 1 amide bonds. The molecule has 0 radical (unpaired) electrons. The number of para-hydroxylation sites is 1. The first-order valence-electron chi connectivity index (χ1n) is 8.24. The second kappa shape index (κ2) is 6.89. The fraction of sp³-hybridized carbons (Fsp3) is 0.294. The second-order valence-electron chi connectivity index (χ2n) is 5.92. The molecule has 0 saturated carbocycles. The first-order valence-corrected chi connectivity index (χ1v) is 8.62. The van der Waals surface area contributed by atoms with E-state index in [1.54, 1.807) is 24.4 Å². The lowest BCUT2D eigenvalue weighted by atomic mass is 10.2. The Balaban J connectivity index is 1.64. The minimum atomic E-state index is -0.410. The molecule has 0 bridgehead atoms. The van der Waals surface area contributed by atoms with E-state index in [2.05, 4.69) is 25.3 Å². The van der Waals surface area contributed by atoms with E-state index < -0.39 is 5.91 Å². The molecule has 8 nitrogen and oxygen atoms in total.